The largest absolute Gasteiger partial charge is 0.477 e. The van der Waals surface area contributed by atoms with E-state index in [1.54, 1.807) is 0 Å². The van der Waals surface area contributed by atoms with Crippen LogP contribution in [0.15, 0.2) is 0 Å². The molecular weight excluding hydrogens is 208 g/mol. The Morgan fingerprint density at radius 3 is 2.67 bits per heavy atom. The predicted octanol–water partition coefficient (Wildman–Crippen LogP) is -2.35. The smallest absolute Gasteiger partial charge is 0.364 e. The van der Waals surface area contributed by atoms with Gasteiger partial charge in [-0.1, -0.05) is 0 Å². The van der Waals surface area contributed by atoms with Gasteiger partial charge in [-0.05, 0) is 0 Å². The molecule has 0 spiro atoms. The van der Waals surface area contributed by atoms with Crippen LogP contribution in [0.1, 0.15) is 12.8 Å². The Morgan fingerprint density at radius 1 is 1.60 bits per heavy atom. The topological polar surface area (TPSA) is 127 Å². The fourth-order valence-corrected chi connectivity index (χ4v) is 1.51. The molecule has 0 radical (unpaired) electrons. The molecule has 1 aliphatic heterocycles. The normalized spacial score (nSPS) is 38.7. The van der Waals surface area contributed by atoms with E-state index in [9.17, 15) is 20.1 Å². The van der Waals surface area contributed by atoms with Gasteiger partial charge in [-0.2, -0.15) is 0 Å². The van der Waals surface area contributed by atoms with E-state index in [2.05, 4.69) is 0 Å². The first-order valence-electron chi connectivity index (χ1n) is 4.49. The van der Waals surface area contributed by atoms with Crippen LogP contribution in [0.25, 0.3) is 0 Å². The molecule has 1 fully saturated rings. The van der Waals surface area contributed by atoms with Crippen LogP contribution in [0.5, 0.6) is 0 Å². The number of ether oxygens (including phenoxy) is 1. The molecule has 7 nitrogen and oxygen atoms in total. The van der Waals surface area contributed by atoms with E-state index >= 15 is 0 Å². The molecule has 1 aliphatic rings. The van der Waals surface area contributed by atoms with Gasteiger partial charge in [0.25, 0.3) is 5.79 Å². The molecule has 1 heterocycles. The van der Waals surface area contributed by atoms with Gasteiger partial charge in [0.05, 0.1) is 18.8 Å². The Hall–Kier alpha value is -0.730. The lowest BCUT2D eigenvalue weighted by Gasteiger charge is -2.38. The summed E-state index contributed by atoms with van der Waals surface area (Å²) in [5.41, 5.74) is 0. The summed E-state index contributed by atoms with van der Waals surface area (Å²) >= 11 is 0. The van der Waals surface area contributed by atoms with E-state index in [0.717, 1.165) is 0 Å². The SMILES string of the molecule is O=C(O)[C@@]1(O)C[C@@H](O)CC([C@H](O)CO)O1. The molecule has 0 saturated carbocycles. The molecule has 4 atom stereocenters. The lowest BCUT2D eigenvalue weighted by atomic mass is 9.96. The van der Waals surface area contributed by atoms with Crippen molar-refractivity contribution in [2.24, 2.45) is 0 Å². The molecule has 0 bridgehead atoms. The number of carboxylic acid groups (broad SMARTS) is 1. The minimum absolute atomic E-state index is 0.0304. The van der Waals surface area contributed by atoms with Gasteiger partial charge in [-0.15, -0.1) is 0 Å². The molecule has 1 rings (SSSR count). The van der Waals surface area contributed by atoms with E-state index in [-0.39, 0.29) is 6.42 Å². The number of aliphatic hydroxyl groups is 4. The highest BCUT2D eigenvalue weighted by molar-refractivity contribution is 5.75. The highest BCUT2D eigenvalue weighted by atomic mass is 16.7. The zero-order valence-corrected chi connectivity index (χ0v) is 7.91. The second-order valence-electron chi connectivity index (χ2n) is 3.59. The molecule has 0 aromatic heterocycles. The van der Waals surface area contributed by atoms with Crippen LogP contribution in [-0.4, -0.2) is 62.2 Å². The predicted molar refractivity (Wildman–Crippen MR) is 45.8 cm³/mol. The van der Waals surface area contributed by atoms with Crippen molar-refractivity contribution >= 4 is 5.97 Å². The molecule has 5 N–H and O–H groups in total. The number of aliphatic hydroxyl groups excluding tert-OH is 3. The number of carboxylic acids is 1. The van der Waals surface area contributed by atoms with E-state index in [1.807, 2.05) is 0 Å². The summed E-state index contributed by atoms with van der Waals surface area (Å²) in [5, 5.41) is 45.3. The molecule has 1 unspecified atom stereocenters. The fraction of sp³-hybridized carbons (Fsp3) is 0.875. The number of hydrogen-bond donors (Lipinski definition) is 5. The van der Waals surface area contributed by atoms with Crippen LogP contribution in [0.2, 0.25) is 0 Å². The highest BCUT2D eigenvalue weighted by Crippen LogP contribution is 2.28. The van der Waals surface area contributed by atoms with Gasteiger partial charge in [0.2, 0.25) is 0 Å². The minimum atomic E-state index is -2.50. The lowest BCUT2D eigenvalue weighted by Crippen LogP contribution is -2.54. The van der Waals surface area contributed by atoms with Crippen LogP contribution < -0.4 is 0 Å². The van der Waals surface area contributed by atoms with Gasteiger partial charge >= 0.3 is 5.97 Å². The van der Waals surface area contributed by atoms with Crippen molar-refractivity contribution in [3.63, 3.8) is 0 Å². The van der Waals surface area contributed by atoms with Crippen molar-refractivity contribution in [2.75, 3.05) is 6.61 Å². The maximum Gasteiger partial charge on any atom is 0.364 e. The third-order valence-corrected chi connectivity index (χ3v) is 2.31. The molecule has 1 saturated heterocycles. The number of hydrogen-bond acceptors (Lipinski definition) is 6. The van der Waals surface area contributed by atoms with Crippen LogP contribution in [0.4, 0.5) is 0 Å². The summed E-state index contributed by atoms with van der Waals surface area (Å²) in [6, 6.07) is 0. The Labute approximate surface area is 85.5 Å². The zero-order chi connectivity index (χ0) is 11.6. The summed E-state index contributed by atoms with van der Waals surface area (Å²) in [5.74, 6) is -4.13. The minimum Gasteiger partial charge on any atom is -0.477 e. The van der Waals surface area contributed by atoms with Gasteiger partial charge in [0.15, 0.2) is 0 Å². The van der Waals surface area contributed by atoms with Crippen molar-refractivity contribution in [1.29, 1.82) is 0 Å². The average molecular weight is 222 g/mol. The van der Waals surface area contributed by atoms with Gasteiger partial charge in [0.1, 0.15) is 6.10 Å². The molecule has 88 valence electrons. The number of rotatable bonds is 3. The summed E-state index contributed by atoms with van der Waals surface area (Å²) < 4.78 is 4.74. The van der Waals surface area contributed by atoms with E-state index in [4.69, 9.17) is 14.9 Å². The van der Waals surface area contributed by atoms with E-state index in [1.165, 1.54) is 0 Å². The maximum atomic E-state index is 10.6. The second kappa shape index (κ2) is 4.42. The van der Waals surface area contributed by atoms with Crippen molar-refractivity contribution in [1.82, 2.24) is 0 Å². The summed E-state index contributed by atoms with van der Waals surface area (Å²) in [6.45, 7) is -0.632. The fourth-order valence-electron chi connectivity index (χ4n) is 1.51. The molecule has 0 aliphatic carbocycles. The summed E-state index contributed by atoms with van der Waals surface area (Å²) in [6.07, 6.45) is -4.01. The Balaban J connectivity index is 2.75. The zero-order valence-electron chi connectivity index (χ0n) is 7.91. The molecule has 0 aromatic rings. The Morgan fingerprint density at radius 2 is 2.20 bits per heavy atom. The van der Waals surface area contributed by atoms with Crippen LogP contribution in [0, 0.1) is 0 Å². The van der Waals surface area contributed by atoms with Crippen LogP contribution in [-0.2, 0) is 9.53 Å². The molecule has 7 heteroatoms. The first-order valence-corrected chi connectivity index (χ1v) is 4.49. The third-order valence-electron chi connectivity index (χ3n) is 2.31. The molecule has 0 aromatic carbocycles. The monoisotopic (exact) mass is 222 g/mol. The average Bonchev–Trinajstić information content (AvgIpc) is 2.15. The quantitative estimate of drug-likeness (QED) is 0.362. The van der Waals surface area contributed by atoms with Crippen LogP contribution in [0.3, 0.4) is 0 Å². The number of aliphatic carboxylic acids is 1. The summed E-state index contributed by atoms with van der Waals surface area (Å²) in [4.78, 5) is 10.6. The first kappa shape index (κ1) is 12.3. The van der Waals surface area contributed by atoms with Crippen molar-refractivity contribution in [2.45, 2.75) is 36.9 Å². The molecule has 0 amide bonds. The molecule has 15 heavy (non-hydrogen) atoms. The first-order chi connectivity index (χ1) is 6.89. The lowest BCUT2D eigenvalue weighted by molar-refractivity contribution is -0.283. The Bertz CT molecular complexity index is 243. The highest BCUT2D eigenvalue weighted by Gasteiger charge is 2.47. The standard InChI is InChI=1S/C8H14O7/c9-3-5(11)6-1-4(10)2-8(14,15-6)7(12)13/h4-6,9-11,14H,1-3H2,(H,12,13)/t4-,5+,6?,8+/m0/s1. The van der Waals surface area contributed by atoms with Gasteiger partial charge in [0, 0.05) is 12.8 Å². The van der Waals surface area contributed by atoms with E-state index in [0.29, 0.717) is 0 Å². The number of carbonyl (C=O) groups is 1. The second-order valence-corrected chi connectivity index (χ2v) is 3.59. The molecular formula is C8H14O7. The van der Waals surface area contributed by atoms with Crippen molar-refractivity contribution in [3.8, 4) is 0 Å². The van der Waals surface area contributed by atoms with E-state index < -0.39 is 43.1 Å². The Kier molecular flexibility index (Phi) is 3.63. The van der Waals surface area contributed by atoms with Gasteiger partial charge in [-0.25, -0.2) is 4.79 Å². The van der Waals surface area contributed by atoms with Crippen molar-refractivity contribution in [3.05, 3.63) is 0 Å². The summed E-state index contributed by atoms with van der Waals surface area (Å²) in [7, 11) is 0. The van der Waals surface area contributed by atoms with Crippen LogP contribution >= 0.6 is 0 Å². The van der Waals surface area contributed by atoms with Gasteiger partial charge < -0.3 is 30.3 Å². The van der Waals surface area contributed by atoms with Gasteiger partial charge in [-0.3, -0.25) is 0 Å². The maximum absolute atomic E-state index is 10.6. The third kappa shape index (κ3) is 2.64. The van der Waals surface area contributed by atoms with Crippen molar-refractivity contribution < 1.29 is 35.1 Å².